The molecule has 11 heteroatoms. The molecule has 0 radical (unpaired) electrons. The maximum atomic E-state index is 13.0. The average molecular weight is 468 g/mol. The largest absolute Gasteiger partial charge is 0.425 e. The van der Waals surface area contributed by atoms with E-state index in [0.29, 0.717) is 12.1 Å². The van der Waals surface area contributed by atoms with Gasteiger partial charge in [-0.05, 0) is 57.2 Å². The molecule has 31 heavy (non-hydrogen) atoms. The number of halogens is 7. The van der Waals surface area contributed by atoms with Gasteiger partial charge in [0.2, 0.25) is 0 Å². The van der Waals surface area contributed by atoms with Crippen molar-refractivity contribution < 1.29 is 40.7 Å². The molecule has 2 aromatic carbocycles. The third kappa shape index (κ3) is 6.36. The molecule has 0 saturated heterocycles. The molecule has 0 bridgehead atoms. The van der Waals surface area contributed by atoms with Crippen molar-refractivity contribution in [1.82, 2.24) is 0 Å². The second kappa shape index (κ2) is 8.41. The van der Waals surface area contributed by atoms with Crippen molar-refractivity contribution in [2.75, 3.05) is 5.32 Å². The molecule has 0 aromatic heterocycles. The van der Waals surface area contributed by atoms with Crippen molar-refractivity contribution in [1.29, 1.82) is 0 Å². The first-order chi connectivity index (χ1) is 14.0. The number of amides is 1. The van der Waals surface area contributed by atoms with Gasteiger partial charge in [0.05, 0.1) is 22.1 Å². The lowest BCUT2D eigenvalue weighted by molar-refractivity contribution is -0.144. The Bertz CT molecular complexity index is 977. The number of anilines is 1. The number of benzene rings is 2. The average Bonchev–Trinajstić information content (AvgIpc) is 2.60. The fourth-order valence-electron chi connectivity index (χ4n) is 2.25. The van der Waals surface area contributed by atoms with Gasteiger partial charge in [0.1, 0.15) is 5.75 Å². The highest BCUT2D eigenvalue weighted by Gasteiger charge is 2.37. The lowest BCUT2D eigenvalue weighted by atomic mass is 9.97. The summed E-state index contributed by atoms with van der Waals surface area (Å²) in [7, 11) is 0. The number of esters is 1. The molecule has 0 unspecified atom stereocenters. The Balaban J connectivity index is 2.46. The fraction of sp³-hybridized carbons (Fsp3) is 0.300. The lowest BCUT2D eigenvalue weighted by Crippen LogP contribution is -2.26. The molecular formula is C20H16ClF6NO3. The fourth-order valence-corrected chi connectivity index (χ4v) is 2.42. The summed E-state index contributed by atoms with van der Waals surface area (Å²) in [5.41, 5.74) is -5.24. The highest BCUT2D eigenvalue weighted by atomic mass is 35.5. The number of alkyl halides is 6. The summed E-state index contributed by atoms with van der Waals surface area (Å²) in [5, 5.41) is 2.00. The van der Waals surface area contributed by atoms with Crippen LogP contribution in [-0.4, -0.2) is 11.9 Å². The van der Waals surface area contributed by atoms with Crippen LogP contribution in [0.3, 0.4) is 0 Å². The number of carbonyl (C=O) groups is 2. The molecule has 168 valence electrons. The van der Waals surface area contributed by atoms with Gasteiger partial charge in [-0.1, -0.05) is 11.6 Å². The van der Waals surface area contributed by atoms with E-state index in [1.54, 1.807) is 20.8 Å². The van der Waals surface area contributed by atoms with Crippen LogP contribution in [0.1, 0.15) is 42.3 Å². The van der Waals surface area contributed by atoms with Crippen molar-refractivity contribution in [2.24, 2.45) is 5.41 Å². The quantitative estimate of drug-likeness (QED) is 0.315. The Morgan fingerprint density at radius 2 is 1.39 bits per heavy atom. The maximum Gasteiger partial charge on any atom is 0.416 e. The van der Waals surface area contributed by atoms with Crippen molar-refractivity contribution in [3.05, 3.63) is 58.1 Å². The first-order valence-electron chi connectivity index (χ1n) is 8.61. The third-order valence-electron chi connectivity index (χ3n) is 3.85. The van der Waals surface area contributed by atoms with Gasteiger partial charge in [0, 0.05) is 10.7 Å². The number of carbonyl (C=O) groups excluding carboxylic acids is 2. The zero-order valence-electron chi connectivity index (χ0n) is 16.3. The summed E-state index contributed by atoms with van der Waals surface area (Å²) in [6, 6.07) is 4.22. The molecule has 2 rings (SSSR count). The van der Waals surface area contributed by atoms with E-state index in [1.807, 2.05) is 5.32 Å². The summed E-state index contributed by atoms with van der Waals surface area (Å²) < 4.78 is 83.2. The second-order valence-electron chi connectivity index (χ2n) is 7.53. The SMILES string of the molecule is CC(C)(C)C(=O)Oc1ccc(Cl)cc1C(=O)Nc1cc(C(F)(F)F)cc(C(F)(F)F)c1. The molecule has 0 fully saturated rings. The zero-order valence-corrected chi connectivity index (χ0v) is 17.1. The highest BCUT2D eigenvalue weighted by molar-refractivity contribution is 6.31. The Labute approximate surface area is 178 Å². The molecular weight excluding hydrogens is 452 g/mol. The van der Waals surface area contributed by atoms with Crippen molar-refractivity contribution in [2.45, 2.75) is 33.1 Å². The first kappa shape index (κ1) is 24.5. The van der Waals surface area contributed by atoms with Crippen LogP contribution in [0, 0.1) is 5.41 Å². The van der Waals surface area contributed by atoms with Gasteiger partial charge in [-0.3, -0.25) is 9.59 Å². The molecule has 0 spiro atoms. The Hall–Kier alpha value is -2.75. The zero-order chi connectivity index (χ0) is 23.8. The van der Waals surface area contributed by atoms with Crippen molar-refractivity contribution in [3.63, 3.8) is 0 Å². The molecule has 0 aliphatic carbocycles. The molecule has 1 amide bonds. The van der Waals surface area contributed by atoms with Gasteiger partial charge < -0.3 is 10.1 Å². The monoisotopic (exact) mass is 467 g/mol. The predicted octanol–water partition coefficient (Wildman–Crippen LogP) is 6.58. The van der Waals surface area contributed by atoms with Crippen LogP contribution < -0.4 is 10.1 Å². The van der Waals surface area contributed by atoms with E-state index in [-0.39, 0.29) is 22.4 Å². The molecule has 1 N–H and O–H groups in total. The predicted molar refractivity (Wildman–Crippen MR) is 101 cm³/mol. The van der Waals surface area contributed by atoms with Gasteiger partial charge in [0.15, 0.2) is 0 Å². The first-order valence-corrected chi connectivity index (χ1v) is 8.99. The number of ether oxygens (including phenoxy) is 1. The van der Waals surface area contributed by atoms with Crippen LogP contribution in [0.5, 0.6) is 5.75 Å². The molecule has 2 aromatic rings. The van der Waals surface area contributed by atoms with Crippen LogP contribution in [-0.2, 0) is 17.1 Å². The van der Waals surface area contributed by atoms with Gasteiger partial charge in [-0.15, -0.1) is 0 Å². The summed E-state index contributed by atoms with van der Waals surface area (Å²) in [5.74, 6) is -2.10. The van der Waals surface area contributed by atoms with Crippen molar-refractivity contribution >= 4 is 29.2 Å². The van der Waals surface area contributed by atoms with E-state index in [0.717, 1.165) is 6.07 Å². The van der Waals surface area contributed by atoms with E-state index in [9.17, 15) is 35.9 Å². The number of hydrogen-bond acceptors (Lipinski definition) is 3. The minimum absolute atomic E-state index is 0.0285. The van der Waals surface area contributed by atoms with Crippen LogP contribution >= 0.6 is 11.6 Å². The van der Waals surface area contributed by atoms with Gasteiger partial charge in [0.25, 0.3) is 5.91 Å². The number of hydrogen-bond donors (Lipinski definition) is 1. The maximum absolute atomic E-state index is 13.0. The normalized spacial score (nSPS) is 12.5. The minimum Gasteiger partial charge on any atom is -0.425 e. The molecule has 0 heterocycles. The highest BCUT2D eigenvalue weighted by Crippen LogP contribution is 2.38. The van der Waals surface area contributed by atoms with Gasteiger partial charge in [-0.25, -0.2) is 0 Å². The topological polar surface area (TPSA) is 55.4 Å². The molecule has 4 nitrogen and oxygen atoms in total. The number of nitrogens with one attached hydrogen (secondary N) is 1. The Morgan fingerprint density at radius 3 is 1.84 bits per heavy atom. The molecule has 0 atom stereocenters. The summed E-state index contributed by atoms with van der Waals surface area (Å²) in [4.78, 5) is 24.7. The van der Waals surface area contributed by atoms with E-state index < -0.39 is 46.5 Å². The smallest absolute Gasteiger partial charge is 0.416 e. The van der Waals surface area contributed by atoms with Gasteiger partial charge >= 0.3 is 18.3 Å². The third-order valence-corrected chi connectivity index (χ3v) is 4.08. The standard InChI is InChI=1S/C20H16ClF6NO3/c1-18(2,3)17(30)31-15-5-4-12(21)9-14(15)16(29)28-13-7-10(19(22,23)24)6-11(8-13)20(25,26)27/h4-9H,1-3H3,(H,28,29). The van der Waals surface area contributed by atoms with E-state index in [1.165, 1.54) is 12.1 Å². The summed E-state index contributed by atoms with van der Waals surface area (Å²) >= 11 is 5.84. The van der Waals surface area contributed by atoms with Gasteiger partial charge in [-0.2, -0.15) is 26.3 Å². The minimum atomic E-state index is -5.08. The van der Waals surface area contributed by atoms with E-state index in [2.05, 4.69) is 0 Å². The summed E-state index contributed by atoms with van der Waals surface area (Å²) in [6.45, 7) is 4.64. The van der Waals surface area contributed by atoms with E-state index >= 15 is 0 Å². The Morgan fingerprint density at radius 1 is 0.871 bits per heavy atom. The van der Waals surface area contributed by atoms with Crippen molar-refractivity contribution in [3.8, 4) is 5.75 Å². The molecule has 0 aliphatic heterocycles. The second-order valence-corrected chi connectivity index (χ2v) is 7.97. The van der Waals surface area contributed by atoms with Crippen LogP contribution in [0.15, 0.2) is 36.4 Å². The molecule has 0 saturated carbocycles. The Kier molecular flexibility index (Phi) is 6.65. The molecule has 0 aliphatic rings. The van der Waals surface area contributed by atoms with Crippen LogP contribution in [0.25, 0.3) is 0 Å². The van der Waals surface area contributed by atoms with Crippen LogP contribution in [0.4, 0.5) is 32.0 Å². The number of rotatable bonds is 3. The lowest BCUT2D eigenvalue weighted by Gasteiger charge is -2.18. The van der Waals surface area contributed by atoms with Crippen LogP contribution in [0.2, 0.25) is 5.02 Å². The van der Waals surface area contributed by atoms with E-state index in [4.69, 9.17) is 16.3 Å². The summed E-state index contributed by atoms with van der Waals surface area (Å²) in [6.07, 6.45) is -10.2.